The van der Waals surface area contributed by atoms with Gasteiger partial charge in [-0.2, -0.15) is 9.97 Å². The van der Waals surface area contributed by atoms with E-state index < -0.39 is 5.60 Å². The van der Waals surface area contributed by atoms with Crippen LogP contribution < -0.4 is 4.74 Å². The molecule has 0 aliphatic heterocycles. The summed E-state index contributed by atoms with van der Waals surface area (Å²) >= 11 is 0. The van der Waals surface area contributed by atoms with Gasteiger partial charge in [0.25, 0.3) is 0 Å². The summed E-state index contributed by atoms with van der Waals surface area (Å²) in [4.78, 5) is 14.1. The van der Waals surface area contributed by atoms with Gasteiger partial charge in [0.05, 0.1) is 0 Å². The average molecular weight is 458 g/mol. The van der Waals surface area contributed by atoms with Crippen molar-refractivity contribution < 1.29 is 4.74 Å². The lowest BCUT2D eigenvalue weighted by molar-refractivity contribution is 0.117. The molecule has 5 rings (SSSR count). The van der Waals surface area contributed by atoms with E-state index in [-0.39, 0.29) is 0 Å². The molecule has 4 aromatic carbocycles. The average Bonchev–Trinajstić information content (AvgIpc) is 2.89. The molecule has 4 nitrogen and oxygen atoms in total. The molecule has 0 spiro atoms. The fourth-order valence-electron chi connectivity index (χ4n) is 3.82. The highest BCUT2D eigenvalue weighted by molar-refractivity contribution is 5.70. The zero-order valence-corrected chi connectivity index (χ0v) is 20.1. The van der Waals surface area contributed by atoms with E-state index in [0.717, 1.165) is 22.3 Å². The minimum atomic E-state index is -0.426. The molecule has 0 unspecified atom stereocenters. The van der Waals surface area contributed by atoms with Crippen molar-refractivity contribution in [3.05, 3.63) is 109 Å². The van der Waals surface area contributed by atoms with Crippen LogP contribution in [-0.2, 0) is 0 Å². The van der Waals surface area contributed by atoms with E-state index in [9.17, 15) is 0 Å². The molecule has 0 fully saturated rings. The predicted molar refractivity (Wildman–Crippen MR) is 142 cm³/mol. The lowest BCUT2D eigenvalue weighted by Crippen LogP contribution is -2.24. The second-order valence-electron chi connectivity index (χ2n) is 9.37. The van der Waals surface area contributed by atoms with Crippen molar-refractivity contribution >= 4 is 0 Å². The number of hydrogen-bond acceptors (Lipinski definition) is 4. The highest BCUT2D eigenvalue weighted by Crippen LogP contribution is 2.28. The van der Waals surface area contributed by atoms with Crippen molar-refractivity contribution in [1.82, 2.24) is 15.0 Å². The first-order valence-corrected chi connectivity index (χ1v) is 11.7. The van der Waals surface area contributed by atoms with E-state index in [1.807, 2.05) is 81.4 Å². The van der Waals surface area contributed by atoms with Gasteiger partial charge in [0.2, 0.25) is 0 Å². The zero-order chi connectivity index (χ0) is 24.3. The Hall–Kier alpha value is -4.31. The van der Waals surface area contributed by atoms with Crippen molar-refractivity contribution in [2.75, 3.05) is 0 Å². The highest BCUT2D eigenvalue weighted by atomic mass is 16.5. The summed E-state index contributed by atoms with van der Waals surface area (Å²) in [5, 5.41) is 0. The minimum absolute atomic E-state index is 0.316. The van der Waals surface area contributed by atoms with Crippen LogP contribution in [0.1, 0.15) is 20.8 Å². The molecule has 0 saturated heterocycles. The van der Waals surface area contributed by atoms with Crippen molar-refractivity contribution in [3.8, 4) is 51.0 Å². The number of ether oxygens (including phenoxy) is 1. The smallest absolute Gasteiger partial charge is 0.321 e. The Morgan fingerprint density at radius 2 is 0.771 bits per heavy atom. The van der Waals surface area contributed by atoms with E-state index >= 15 is 0 Å². The first-order valence-electron chi connectivity index (χ1n) is 11.7. The van der Waals surface area contributed by atoms with Crippen LogP contribution in [0.4, 0.5) is 0 Å². The molecular weight excluding hydrogens is 430 g/mol. The monoisotopic (exact) mass is 457 g/mol. The van der Waals surface area contributed by atoms with Gasteiger partial charge in [-0.3, -0.25) is 0 Å². The first-order chi connectivity index (χ1) is 16.9. The van der Waals surface area contributed by atoms with Gasteiger partial charge in [-0.25, -0.2) is 4.98 Å². The van der Waals surface area contributed by atoms with Crippen LogP contribution in [0.15, 0.2) is 109 Å². The third-order valence-corrected chi connectivity index (χ3v) is 5.51. The summed E-state index contributed by atoms with van der Waals surface area (Å²) < 4.78 is 6.05. The molecule has 0 radical (unpaired) electrons. The minimum Gasteiger partial charge on any atom is -0.458 e. The molecule has 1 heterocycles. The Morgan fingerprint density at radius 1 is 0.429 bits per heavy atom. The van der Waals surface area contributed by atoms with E-state index in [1.54, 1.807) is 0 Å². The molecular formula is C31H27N3O. The molecule has 0 atom stereocenters. The number of aromatic nitrogens is 3. The molecule has 0 aliphatic rings. The Kier molecular flexibility index (Phi) is 6.11. The third kappa shape index (κ3) is 5.44. The highest BCUT2D eigenvalue weighted by Gasteiger charge is 2.18. The number of rotatable bonds is 5. The van der Waals surface area contributed by atoms with Crippen molar-refractivity contribution in [3.63, 3.8) is 0 Å². The Balaban J connectivity index is 1.52. The molecule has 172 valence electrons. The lowest BCUT2D eigenvalue weighted by Gasteiger charge is -2.20. The Morgan fingerprint density at radius 3 is 1.14 bits per heavy atom. The maximum absolute atomic E-state index is 6.05. The maximum atomic E-state index is 6.05. The van der Waals surface area contributed by atoms with Crippen LogP contribution in [0, 0.1) is 0 Å². The molecule has 4 heteroatoms. The summed E-state index contributed by atoms with van der Waals surface area (Å²) in [6, 6.07) is 37.5. The summed E-state index contributed by atoms with van der Waals surface area (Å²) in [6.07, 6.45) is 0. The van der Waals surface area contributed by atoms with E-state index in [0.29, 0.717) is 17.7 Å². The number of hydrogen-bond donors (Lipinski definition) is 0. The van der Waals surface area contributed by atoms with Gasteiger partial charge >= 0.3 is 6.01 Å². The van der Waals surface area contributed by atoms with Crippen LogP contribution in [-0.4, -0.2) is 20.6 Å². The van der Waals surface area contributed by atoms with Crippen LogP contribution in [0.3, 0.4) is 0 Å². The van der Waals surface area contributed by atoms with E-state index in [2.05, 4.69) is 58.5 Å². The van der Waals surface area contributed by atoms with Gasteiger partial charge in [-0.15, -0.1) is 0 Å². The Bertz CT molecular complexity index is 1310. The normalized spacial score (nSPS) is 11.3. The van der Waals surface area contributed by atoms with E-state index in [1.165, 1.54) is 11.1 Å². The summed E-state index contributed by atoms with van der Waals surface area (Å²) in [6.45, 7) is 5.96. The van der Waals surface area contributed by atoms with Crippen LogP contribution in [0.2, 0.25) is 0 Å². The number of nitrogens with zero attached hydrogens (tertiary/aromatic N) is 3. The fraction of sp³-hybridized carbons (Fsp3) is 0.129. The summed E-state index contributed by atoms with van der Waals surface area (Å²) in [5.74, 6) is 1.17. The molecule has 0 bridgehead atoms. The second-order valence-corrected chi connectivity index (χ2v) is 9.37. The standard InChI is InChI=1S/C31H27N3O/c1-31(2,3)35-30-33-28(26-18-14-24(15-19-26)22-10-6-4-7-11-22)32-29(34-30)27-20-16-25(17-21-27)23-12-8-5-9-13-23/h4-21H,1-3H3. The fourth-order valence-corrected chi connectivity index (χ4v) is 3.82. The first kappa shape index (κ1) is 22.5. The molecule has 0 saturated carbocycles. The van der Waals surface area contributed by atoms with Crippen LogP contribution in [0.25, 0.3) is 45.0 Å². The maximum Gasteiger partial charge on any atom is 0.321 e. The molecule has 0 N–H and O–H groups in total. The quantitative estimate of drug-likeness (QED) is 0.271. The molecule has 5 aromatic rings. The van der Waals surface area contributed by atoms with E-state index in [4.69, 9.17) is 9.72 Å². The third-order valence-electron chi connectivity index (χ3n) is 5.51. The predicted octanol–water partition coefficient (Wildman–Crippen LogP) is 7.72. The lowest BCUT2D eigenvalue weighted by atomic mass is 10.0. The largest absolute Gasteiger partial charge is 0.458 e. The SMILES string of the molecule is CC(C)(C)Oc1nc(-c2ccc(-c3ccccc3)cc2)nc(-c2ccc(-c3ccccc3)cc2)n1. The van der Waals surface area contributed by atoms with Gasteiger partial charge in [0.15, 0.2) is 11.6 Å². The van der Waals surface area contributed by atoms with Gasteiger partial charge < -0.3 is 4.74 Å². The molecule has 35 heavy (non-hydrogen) atoms. The molecule has 0 amide bonds. The summed E-state index contributed by atoms with van der Waals surface area (Å²) in [7, 11) is 0. The molecule has 1 aromatic heterocycles. The molecule has 0 aliphatic carbocycles. The Labute approximate surface area is 206 Å². The van der Waals surface area contributed by atoms with Crippen LogP contribution >= 0.6 is 0 Å². The van der Waals surface area contributed by atoms with Gasteiger partial charge in [-0.05, 0) is 43.0 Å². The zero-order valence-electron chi connectivity index (χ0n) is 20.1. The van der Waals surface area contributed by atoms with Gasteiger partial charge in [-0.1, -0.05) is 109 Å². The second kappa shape index (κ2) is 9.51. The van der Waals surface area contributed by atoms with Crippen molar-refractivity contribution in [2.45, 2.75) is 26.4 Å². The topological polar surface area (TPSA) is 47.9 Å². The van der Waals surface area contributed by atoms with Gasteiger partial charge in [0, 0.05) is 11.1 Å². The number of benzene rings is 4. The van der Waals surface area contributed by atoms with Gasteiger partial charge in [0.1, 0.15) is 5.60 Å². The summed E-state index contributed by atoms with van der Waals surface area (Å²) in [5.41, 5.74) is 6.03. The van der Waals surface area contributed by atoms with Crippen molar-refractivity contribution in [1.29, 1.82) is 0 Å². The van der Waals surface area contributed by atoms with Crippen molar-refractivity contribution in [2.24, 2.45) is 0 Å². The van der Waals surface area contributed by atoms with Crippen LogP contribution in [0.5, 0.6) is 6.01 Å².